The van der Waals surface area contributed by atoms with Gasteiger partial charge >= 0.3 is 0 Å². The second-order valence-electron chi connectivity index (χ2n) is 3.40. The Hall–Kier alpha value is -0.670. The summed E-state index contributed by atoms with van der Waals surface area (Å²) in [6, 6.07) is 8.20. The number of nitrogens with zero attached hydrogens (tertiary/aromatic N) is 2. The van der Waals surface area contributed by atoms with Crippen molar-refractivity contribution in [2.24, 2.45) is 0 Å². The lowest BCUT2D eigenvalue weighted by molar-refractivity contribution is 0.630. The van der Waals surface area contributed by atoms with Gasteiger partial charge in [0.25, 0.3) is 0 Å². The Balaban J connectivity index is 2.25. The first-order valence-corrected chi connectivity index (χ1v) is 5.99. The Morgan fingerprint density at radius 3 is 3.21 bits per heavy atom. The fourth-order valence-electron chi connectivity index (χ4n) is 1.76. The summed E-state index contributed by atoms with van der Waals surface area (Å²) in [5.74, 6) is 0.963. The fourth-order valence-corrected chi connectivity index (χ4v) is 3.01. The molecule has 1 aliphatic heterocycles. The molecule has 1 aromatic carbocycles. The van der Waals surface area contributed by atoms with E-state index in [2.05, 4.69) is 15.6 Å². The minimum atomic E-state index is 0.227. The summed E-state index contributed by atoms with van der Waals surface area (Å²) in [6.07, 6.45) is 0. The number of aromatic nitrogens is 2. The van der Waals surface area contributed by atoms with E-state index in [-0.39, 0.29) is 5.38 Å². The normalized spacial score (nSPS) is 21.1. The van der Waals surface area contributed by atoms with Gasteiger partial charge in [-0.1, -0.05) is 23.9 Å². The average Bonchev–Trinajstić information content (AvgIpc) is 2.56. The van der Waals surface area contributed by atoms with Gasteiger partial charge in [0.1, 0.15) is 0 Å². The predicted octanol–water partition coefficient (Wildman–Crippen LogP) is 2.75. The summed E-state index contributed by atoms with van der Waals surface area (Å²) >= 11 is 7.87. The van der Waals surface area contributed by atoms with Crippen molar-refractivity contribution in [1.82, 2.24) is 9.55 Å². The van der Waals surface area contributed by atoms with E-state index in [1.165, 1.54) is 5.52 Å². The molecule has 0 saturated carbocycles. The molecule has 2 nitrogen and oxygen atoms in total. The van der Waals surface area contributed by atoms with Gasteiger partial charge < -0.3 is 4.57 Å². The molecule has 0 N–H and O–H groups in total. The lowest BCUT2D eigenvalue weighted by Gasteiger charge is -2.18. The highest BCUT2D eigenvalue weighted by Gasteiger charge is 2.20. The van der Waals surface area contributed by atoms with E-state index in [1.807, 2.05) is 18.2 Å². The van der Waals surface area contributed by atoms with E-state index >= 15 is 0 Å². The lowest BCUT2D eigenvalue weighted by Crippen LogP contribution is -2.18. The molecule has 0 amide bonds. The number of halogens is 1. The van der Waals surface area contributed by atoms with Crippen LogP contribution in [0.25, 0.3) is 11.0 Å². The Labute approximate surface area is 91.3 Å². The fraction of sp³-hybridized carbons (Fsp3) is 0.300. The number of alkyl halides is 1. The molecule has 1 aromatic heterocycles. The van der Waals surface area contributed by atoms with Crippen molar-refractivity contribution in [3.05, 3.63) is 24.3 Å². The summed E-state index contributed by atoms with van der Waals surface area (Å²) < 4.78 is 2.21. The van der Waals surface area contributed by atoms with Gasteiger partial charge in [-0.3, -0.25) is 0 Å². The Morgan fingerprint density at radius 2 is 2.29 bits per heavy atom. The summed E-state index contributed by atoms with van der Waals surface area (Å²) in [5.41, 5.74) is 2.26. The van der Waals surface area contributed by atoms with Crippen molar-refractivity contribution in [1.29, 1.82) is 0 Å². The average molecular weight is 225 g/mol. The second-order valence-corrected chi connectivity index (χ2v) is 5.01. The number of benzene rings is 1. The molecular formula is C10H9ClN2S. The van der Waals surface area contributed by atoms with Crippen LogP contribution in [0.3, 0.4) is 0 Å². The zero-order valence-electron chi connectivity index (χ0n) is 7.48. The highest BCUT2D eigenvalue weighted by Crippen LogP contribution is 2.30. The van der Waals surface area contributed by atoms with Crippen LogP contribution < -0.4 is 0 Å². The number of fused-ring (bicyclic) bond motifs is 3. The van der Waals surface area contributed by atoms with Crippen molar-refractivity contribution >= 4 is 34.4 Å². The highest BCUT2D eigenvalue weighted by molar-refractivity contribution is 7.99. The van der Waals surface area contributed by atoms with E-state index in [0.29, 0.717) is 0 Å². The SMILES string of the molecule is Cl[C@H]1CSc2nc3ccccc3n2C1. The molecule has 2 heterocycles. The number of thioether (sulfide) groups is 1. The van der Waals surface area contributed by atoms with E-state index < -0.39 is 0 Å². The molecule has 14 heavy (non-hydrogen) atoms. The van der Waals surface area contributed by atoms with Crippen LogP contribution >= 0.6 is 23.4 Å². The van der Waals surface area contributed by atoms with Crippen LogP contribution in [0.2, 0.25) is 0 Å². The molecule has 0 radical (unpaired) electrons. The molecule has 0 saturated heterocycles. The quantitative estimate of drug-likeness (QED) is 0.641. The zero-order chi connectivity index (χ0) is 9.54. The van der Waals surface area contributed by atoms with Gasteiger partial charge in [0.05, 0.1) is 16.4 Å². The van der Waals surface area contributed by atoms with E-state index in [9.17, 15) is 0 Å². The standard InChI is InChI=1S/C10H9ClN2S/c11-7-5-13-9-4-2-1-3-8(9)12-10(13)14-6-7/h1-4,7H,5-6H2/t7-/m1/s1. The molecular weight excluding hydrogens is 216 g/mol. The Morgan fingerprint density at radius 1 is 1.43 bits per heavy atom. The topological polar surface area (TPSA) is 17.8 Å². The minimum Gasteiger partial charge on any atom is -0.317 e. The third-order valence-corrected chi connectivity index (χ3v) is 4.01. The number of para-hydroxylation sites is 2. The first kappa shape index (κ1) is 8.62. The summed E-state index contributed by atoms with van der Waals surface area (Å²) in [4.78, 5) is 4.55. The smallest absolute Gasteiger partial charge is 0.169 e. The molecule has 72 valence electrons. The molecule has 0 spiro atoms. The van der Waals surface area contributed by atoms with Crippen molar-refractivity contribution in [3.8, 4) is 0 Å². The van der Waals surface area contributed by atoms with Crippen LogP contribution in [0.15, 0.2) is 29.4 Å². The van der Waals surface area contributed by atoms with Gasteiger partial charge in [0, 0.05) is 12.3 Å². The molecule has 2 aromatic rings. The Bertz CT molecular complexity index is 480. The maximum Gasteiger partial charge on any atom is 0.169 e. The van der Waals surface area contributed by atoms with Crippen molar-refractivity contribution in [2.75, 3.05) is 5.75 Å². The number of hydrogen-bond donors (Lipinski definition) is 0. The largest absolute Gasteiger partial charge is 0.317 e. The van der Waals surface area contributed by atoms with Gasteiger partial charge in [-0.15, -0.1) is 11.6 Å². The summed E-state index contributed by atoms with van der Waals surface area (Å²) in [5, 5.41) is 1.33. The monoisotopic (exact) mass is 224 g/mol. The Kier molecular flexibility index (Phi) is 1.96. The highest BCUT2D eigenvalue weighted by atomic mass is 35.5. The molecule has 1 atom stereocenters. The van der Waals surface area contributed by atoms with Gasteiger partial charge in [0.2, 0.25) is 0 Å². The zero-order valence-corrected chi connectivity index (χ0v) is 9.05. The molecule has 0 fully saturated rings. The van der Waals surface area contributed by atoms with Gasteiger partial charge in [-0.25, -0.2) is 4.98 Å². The number of imidazole rings is 1. The van der Waals surface area contributed by atoms with Gasteiger partial charge in [-0.05, 0) is 12.1 Å². The lowest BCUT2D eigenvalue weighted by atomic mass is 10.3. The molecule has 0 bridgehead atoms. The van der Waals surface area contributed by atoms with Crippen LogP contribution in [-0.4, -0.2) is 20.7 Å². The van der Waals surface area contributed by atoms with Gasteiger partial charge in [0.15, 0.2) is 5.16 Å². The molecule has 4 heteroatoms. The van der Waals surface area contributed by atoms with E-state index in [4.69, 9.17) is 11.6 Å². The number of hydrogen-bond acceptors (Lipinski definition) is 2. The predicted molar refractivity (Wildman–Crippen MR) is 60.1 cm³/mol. The number of rotatable bonds is 0. The van der Waals surface area contributed by atoms with Crippen LogP contribution in [0.5, 0.6) is 0 Å². The summed E-state index contributed by atoms with van der Waals surface area (Å²) in [6.45, 7) is 0.879. The first-order valence-electron chi connectivity index (χ1n) is 4.57. The van der Waals surface area contributed by atoms with Crippen molar-refractivity contribution in [2.45, 2.75) is 17.1 Å². The van der Waals surface area contributed by atoms with E-state index in [1.54, 1.807) is 11.8 Å². The van der Waals surface area contributed by atoms with Crippen LogP contribution in [0, 0.1) is 0 Å². The maximum atomic E-state index is 6.13. The van der Waals surface area contributed by atoms with Crippen molar-refractivity contribution < 1.29 is 0 Å². The molecule has 3 rings (SSSR count). The molecule has 0 aliphatic carbocycles. The van der Waals surface area contributed by atoms with Crippen molar-refractivity contribution in [3.63, 3.8) is 0 Å². The third kappa shape index (κ3) is 1.23. The van der Waals surface area contributed by atoms with Crippen LogP contribution in [-0.2, 0) is 6.54 Å². The third-order valence-electron chi connectivity index (χ3n) is 2.39. The maximum absolute atomic E-state index is 6.13. The summed E-state index contributed by atoms with van der Waals surface area (Å²) in [7, 11) is 0. The molecule has 1 aliphatic rings. The van der Waals surface area contributed by atoms with E-state index in [0.717, 1.165) is 23.0 Å². The first-order chi connectivity index (χ1) is 6.84. The van der Waals surface area contributed by atoms with Crippen LogP contribution in [0.1, 0.15) is 0 Å². The second kappa shape index (κ2) is 3.17. The van der Waals surface area contributed by atoms with Gasteiger partial charge in [-0.2, -0.15) is 0 Å². The minimum absolute atomic E-state index is 0.227. The molecule has 0 unspecified atom stereocenters. The van der Waals surface area contributed by atoms with Crippen LogP contribution in [0.4, 0.5) is 0 Å².